The highest BCUT2D eigenvalue weighted by Crippen LogP contribution is 2.38. The molecule has 4 atom stereocenters. The van der Waals surface area contributed by atoms with Crippen LogP contribution in [0.2, 0.25) is 0 Å². The molecule has 3 aromatic carbocycles. The first-order valence-corrected chi connectivity index (χ1v) is 13.3. The van der Waals surface area contributed by atoms with Crippen molar-refractivity contribution < 1.29 is 42.2 Å². The number of alkyl halides is 3. The highest BCUT2D eigenvalue weighted by atomic mass is 19.4. The van der Waals surface area contributed by atoms with E-state index in [1.165, 1.54) is 17.0 Å². The summed E-state index contributed by atoms with van der Waals surface area (Å²) < 4.78 is 44.6. The van der Waals surface area contributed by atoms with Gasteiger partial charge in [-0.2, -0.15) is 13.2 Å². The molecule has 3 aromatic rings. The monoisotopic (exact) mass is 593 g/mol. The Balaban J connectivity index is 1.43. The van der Waals surface area contributed by atoms with Gasteiger partial charge in [-0.05, 0) is 28.8 Å². The predicted molar refractivity (Wildman–Crippen MR) is 147 cm³/mol. The third-order valence-corrected chi connectivity index (χ3v) is 7.31. The molecule has 1 unspecified atom stereocenters. The zero-order valence-electron chi connectivity index (χ0n) is 22.5. The van der Waals surface area contributed by atoms with Crippen LogP contribution in [0.4, 0.5) is 18.0 Å². The number of hydrogen-bond acceptors (Lipinski definition) is 5. The quantitative estimate of drug-likeness (QED) is 0.283. The molecule has 0 radical (unpaired) electrons. The predicted octanol–water partition coefficient (Wildman–Crippen LogP) is 4.26. The molecular weight excluding hydrogens is 567 g/mol. The summed E-state index contributed by atoms with van der Waals surface area (Å²) in [4.78, 5) is 54.2. The van der Waals surface area contributed by atoms with Crippen LogP contribution in [0.15, 0.2) is 91.0 Å². The summed E-state index contributed by atoms with van der Waals surface area (Å²) in [6.45, 7) is -0.432. The van der Waals surface area contributed by atoms with Gasteiger partial charge >= 0.3 is 18.2 Å². The van der Waals surface area contributed by atoms with Crippen molar-refractivity contribution in [3.8, 4) is 0 Å². The van der Waals surface area contributed by atoms with Crippen LogP contribution in [0.3, 0.4) is 0 Å². The summed E-state index contributed by atoms with van der Waals surface area (Å²) in [6, 6.07) is 17.2. The molecule has 0 saturated carbocycles. The lowest BCUT2D eigenvalue weighted by molar-refractivity contribution is -0.171. The minimum absolute atomic E-state index is 0.0262. The second kappa shape index (κ2) is 12.0. The first-order valence-electron chi connectivity index (χ1n) is 13.3. The third kappa shape index (κ3) is 6.08. The van der Waals surface area contributed by atoms with E-state index in [0.29, 0.717) is 5.56 Å². The van der Waals surface area contributed by atoms with Gasteiger partial charge in [-0.3, -0.25) is 14.5 Å². The number of carboxylic acids is 1. The Hall–Kier alpha value is -5.13. The fraction of sp³-hybridized carbons (Fsp3) is 0.226. The lowest BCUT2D eigenvalue weighted by Gasteiger charge is -2.51. The second-order valence-electron chi connectivity index (χ2n) is 10.0. The van der Waals surface area contributed by atoms with Crippen molar-refractivity contribution in [2.75, 3.05) is 6.61 Å². The van der Waals surface area contributed by atoms with Crippen molar-refractivity contribution in [3.05, 3.63) is 113 Å². The number of carbonyl (C=O) groups is 4. The van der Waals surface area contributed by atoms with Gasteiger partial charge in [0.05, 0.1) is 17.6 Å². The van der Waals surface area contributed by atoms with E-state index in [-0.39, 0.29) is 12.2 Å². The molecule has 0 spiro atoms. The lowest BCUT2D eigenvalue weighted by Crippen LogP contribution is -2.75. The van der Waals surface area contributed by atoms with E-state index in [4.69, 9.17) is 4.74 Å². The minimum Gasteiger partial charge on any atom is -0.479 e. The number of likely N-dealkylation sites (tertiary alicyclic amines) is 1. The summed E-state index contributed by atoms with van der Waals surface area (Å²) in [5, 5.41) is 12.4. The topological polar surface area (TPSA) is 116 Å². The number of amides is 3. The Morgan fingerprint density at radius 3 is 2.33 bits per heavy atom. The maximum absolute atomic E-state index is 13.6. The molecule has 2 aliphatic rings. The van der Waals surface area contributed by atoms with E-state index in [2.05, 4.69) is 5.32 Å². The van der Waals surface area contributed by atoms with Crippen molar-refractivity contribution in [2.24, 2.45) is 0 Å². The molecule has 0 aliphatic carbocycles. The normalized spacial score (nSPS) is 21.0. The van der Waals surface area contributed by atoms with E-state index >= 15 is 0 Å². The van der Waals surface area contributed by atoms with Crippen LogP contribution in [-0.4, -0.2) is 63.5 Å². The molecule has 3 amide bonds. The maximum atomic E-state index is 13.6. The summed E-state index contributed by atoms with van der Waals surface area (Å²) in [6.07, 6.45) is -2.17. The zero-order chi connectivity index (χ0) is 30.7. The molecule has 0 aromatic heterocycles. The Bertz CT molecular complexity index is 1550. The molecule has 2 aliphatic heterocycles. The fourth-order valence-electron chi connectivity index (χ4n) is 5.24. The Morgan fingerprint density at radius 1 is 1.00 bits per heavy atom. The number of cyclic esters (lactones) is 1. The number of β-lactam (4-membered cyclic amide) rings is 1. The van der Waals surface area contributed by atoms with Gasteiger partial charge in [-0.15, -0.1) is 0 Å². The highest BCUT2D eigenvalue weighted by molar-refractivity contribution is 6.07. The molecule has 5 rings (SSSR count). The van der Waals surface area contributed by atoms with E-state index in [1.807, 2.05) is 0 Å². The first-order chi connectivity index (χ1) is 20.6. The van der Waals surface area contributed by atoms with Gasteiger partial charge in [0.25, 0.3) is 5.91 Å². The summed E-state index contributed by atoms with van der Waals surface area (Å²) in [7, 11) is 0. The molecule has 12 heteroatoms. The summed E-state index contributed by atoms with van der Waals surface area (Å²) >= 11 is 0. The van der Waals surface area contributed by atoms with Gasteiger partial charge in [0.1, 0.15) is 12.6 Å². The van der Waals surface area contributed by atoms with Gasteiger partial charge in [0.2, 0.25) is 11.9 Å². The number of hydrogen-bond donors (Lipinski definition) is 2. The Labute approximate surface area is 244 Å². The van der Waals surface area contributed by atoms with Crippen molar-refractivity contribution >= 4 is 30.0 Å². The van der Waals surface area contributed by atoms with Crippen LogP contribution in [0.1, 0.15) is 28.3 Å². The number of nitrogens with one attached hydrogen (secondary N) is 1. The van der Waals surface area contributed by atoms with Crippen molar-refractivity contribution in [1.29, 1.82) is 0 Å². The molecular formula is C31H26F3N3O6. The molecule has 222 valence electrons. The van der Waals surface area contributed by atoms with Gasteiger partial charge < -0.3 is 20.1 Å². The summed E-state index contributed by atoms with van der Waals surface area (Å²) in [5.41, 5.74) is 0.599. The lowest BCUT2D eigenvalue weighted by atomic mass is 9.88. The number of ether oxygens (including phenoxy) is 1. The average molecular weight is 594 g/mol. The van der Waals surface area contributed by atoms with Crippen LogP contribution in [-0.2, 0) is 31.8 Å². The zero-order valence-corrected chi connectivity index (χ0v) is 22.5. The molecule has 2 heterocycles. The van der Waals surface area contributed by atoms with Crippen LogP contribution in [0, 0.1) is 0 Å². The van der Waals surface area contributed by atoms with Gasteiger partial charge in [-0.1, -0.05) is 84.9 Å². The number of halogens is 3. The number of carbonyl (C=O) groups excluding carboxylic acids is 3. The summed E-state index contributed by atoms with van der Waals surface area (Å²) in [5.74, 6) is -3.53. The minimum atomic E-state index is -4.60. The van der Waals surface area contributed by atoms with E-state index in [0.717, 1.165) is 22.6 Å². The van der Waals surface area contributed by atoms with E-state index < -0.39 is 66.3 Å². The third-order valence-electron chi connectivity index (χ3n) is 7.31. The molecule has 9 nitrogen and oxygen atoms in total. The van der Waals surface area contributed by atoms with Crippen LogP contribution < -0.4 is 5.32 Å². The molecule has 0 bridgehead atoms. The van der Waals surface area contributed by atoms with Crippen molar-refractivity contribution in [3.63, 3.8) is 0 Å². The number of carboxylic acid groups (broad SMARTS) is 1. The van der Waals surface area contributed by atoms with Crippen molar-refractivity contribution in [1.82, 2.24) is 15.1 Å². The molecule has 2 fully saturated rings. The van der Waals surface area contributed by atoms with Crippen LogP contribution >= 0.6 is 0 Å². The van der Waals surface area contributed by atoms with Crippen LogP contribution in [0.25, 0.3) is 6.08 Å². The second-order valence-corrected chi connectivity index (χ2v) is 10.0. The largest absolute Gasteiger partial charge is 0.479 e. The van der Waals surface area contributed by atoms with Crippen LogP contribution in [0.5, 0.6) is 0 Å². The van der Waals surface area contributed by atoms with Gasteiger partial charge in [-0.25, -0.2) is 9.59 Å². The van der Waals surface area contributed by atoms with Gasteiger partial charge in [0.15, 0.2) is 0 Å². The number of benzene rings is 3. The van der Waals surface area contributed by atoms with Gasteiger partial charge in [0, 0.05) is 6.54 Å². The standard InChI is InChI=1S/C31H26F3N3O6/c32-31(33,34)22-13-7-10-20(16-22)17-35-27(38)26(29(40)41)36-23(15-14-19-8-3-1-4-9-19)25(28(36)39)37-24(18-43-30(37)42)21-11-5-2-6-12-21/h1-16,23-26H,17-18H2,(H,35,38)(H,40,41)/t23-,24-,25+,26?/m1/s1. The van der Waals surface area contributed by atoms with E-state index in [9.17, 15) is 37.5 Å². The first kappa shape index (κ1) is 29.4. The highest BCUT2D eigenvalue weighted by Gasteiger charge is 2.59. The Kier molecular flexibility index (Phi) is 8.20. The fourth-order valence-corrected chi connectivity index (χ4v) is 5.24. The number of aliphatic carboxylic acids is 1. The number of nitrogens with zero attached hydrogens (tertiary/aromatic N) is 2. The molecule has 2 N–H and O–H groups in total. The SMILES string of the molecule is O=C(O)C(C(=O)NCc1cccc(C(F)(F)F)c1)N1C(=O)[C@@H](N2C(=O)OC[C@@H]2c2ccccc2)[C@H]1C=Cc1ccccc1. The Morgan fingerprint density at radius 2 is 1.67 bits per heavy atom. The smallest absolute Gasteiger partial charge is 0.416 e. The van der Waals surface area contributed by atoms with Crippen molar-refractivity contribution in [2.45, 2.75) is 36.9 Å². The molecule has 43 heavy (non-hydrogen) atoms. The number of rotatable bonds is 9. The molecule has 2 saturated heterocycles. The van der Waals surface area contributed by atoms with E-state index in [1.54, 1.807) is 72.8 Å². The maximum Gasteiger partial charge on any atom is 0.416 e. The average Bonchev–Trinajstić information content (AvgIpc) is 3.37.